The molecule has 3 aliphatic rings. The van der Waals surface area contributed by atoms with Gasteiger partial charge in [-0.05, 0) is 67.3 Å². The number of anilines is 2. The summed E-state index contributed by atoms with van der Waals surface area (Å²) in [5, 5.41) is 3.40. The summed E-state index contributed by atoms with van der Waals surface area (Å²) in [6.45, 7) is 3.40. The maximum absolute atomic E-state index is 13.6. The molecule has 0 spiro atoms. The monoisotopic (exact) mass is 397 g/mol. The van der Waals surface area contributed by atoms with E-state index in [1.165, 1.54) is 17.2 Å². The van der Waals surface area contributed by atoms with E-state index in [0.29, 0.717) is 17.4 Å². The molecule has 0 radical (unpaired) electrons. The molecule has 1 aliphatic heterocycles. The Morgan fingerprint density at radius 2 is 1.96 bits per heavy atom. The number of hydrogen-bond acceptors (Lipinski definition) is 4. The average Bonchev–Trinajstić information content (AvgIpc) is 3.34. The lowest BCUT2D eigenvalue weighted by Gasteiger charge is -2.29. The molecule has 1 aromatic carbocycles. The fourth-order valence-corrected chi connectivity index (χ4v) is 5.87. The van der Waals surface area contributed by atoms with Crippen LogP contribution >= 0.6 is 11.8 Å². The number of aryl methyl sites for hydroxylation is 1. The summed E-state index contributed by atoms with van der Waals surface area (Å²) in [5.41, 5.74) is 4.68. The lowest BCUT2D eigenvalue weighted by atomic mass is 9.88. The quantitative estimate of drug-likeness (QED) is 0.806. The Labute approximate surface area is 168 Å². The molecule has 1 aromatic heterocycles. The van der Waals surface area contributed by atoms with Crippen LogP contribution in [0, 0.1) is 12.7 Å². The molecule has 1 saturated carbocycles. The number of aromatic nitrogens is 1. The number of halogens is 1. The van der Waals surface area contributed by atoms with Crippen molar-refractivity contribution in [2.45, 2.75) is 38.0 Å². The molecule has 146 valence electrons. The van der Waals surface area contributed by atoms with Crippen molar-refractivity contribution in [3.05, 3.63) is 52.5 Å². The predicted octanol–water partition coefficient (Wildman–Crippen LogP) is 4.83. The van der Waals surface area contributed by atoms with E-state index in [-0.39, 0.29) is 11.7 Å². The number of nitrogens with one attached hydrogen (secondary N) is 1. The standard InChI is InChI=1S/C22H24FN3OS/c1-13-10-16(4-5-18(13)23)25-21-20-15-3-2-14(11-15)19(20)17(12-24-21)22(27)26-6-8-28-9-7-26/h4-5,10,12,14-15H,2-3,6-9,11H2,1H3,(H,24,25). The molecule has 2 fully saturated rings. The van der Waals surface area contributed by atoms with E-state index in [4.69, 9.17) is 0 Å². The molecule has 1 amide bonds. The molecule has 2 aliphatic carbocycles. The number of hydrogen-bond donors (Lipinski definition) is 1. The first-order valence-corrected chi connectivity index (χ1v) is 11.2. The number of carbonyl (C=O) groups is 1. The molecule has 1 saturated heterocycles. The van der Waals surface area contributed by atoms with Gasteiger partial charge in [0.2, 0.25) is 0 Å². The Hall–Kier alpha value is -2.08. The van der Waals surface area contributed by atoms with Gasteiger partial charge in [-0.3, -0.25) is 4.79 Å². The molecule has 2 atom stereocenters. The summed E-state index contributed by atoms with van der Waals surface area (Å²) in [4.78, 5) is 19.9. The minimum absolute atomic E-state index is 0.140. The molecule has 6 heteroatoms. The molecule has 2 heterocycles. The van der Waals surface area contributed by atoms with Crippen molar-refractivity contribution in [1.82, 2.24) is 9.88 Å². The van der Waals surface area contributed by atoms with Gasteiger partial charge in [0.15, 0.2) is 0 Å². The number of benzene rings is 1. The smallest absolute Gasteiger partial charge is 0.255 e. The van der Waals surface area contributed by atoms with Crippen LogP contribution in [0.5, 0.6) is 0 Å². The van der Waals surface area contributed by atoms with Crippen LogP contribution in [-0.4, -0.2) is 40.4 Å². The van der Waals surface area contributed by atoms with Crippen molar-refractivity contribution in [2.24, 2.45) is 0 Å². The molecule has 2 bridgehead atoms. The fourth-order valence-electron chi connectivity index (χ4n) is 4.97. The van der Waals surface area contributed by atoms with Gasteiger partial charge in [-0.2, -0.15) is 11.8 Å². The first kappa shape index (κ1) is 18.0. The summed E-state index contributed by atoms with van der Waals surface area (Å²) in [5.74, 6) is 3.73. The summed E-state index contributed by atoms with van der Waals surface area (Å²) in [6, 6.07) is 5.03. The minimum Gasteiger partial charge on any atom is -0.340 e. The van der Waals surface area contributed by atoms with Gasteiger partial charge < -0.3 is 10.2 Å². The van der Waals surface area contributed by atoms with Crippen LogP contribution in [-0.2, 0) is 0 Å². The van der Waals surface area contributed by atoms with Crippen LogP contribution < -0.4 is 5.32 Å². The van der Waals surface area contributed by atoms with Gasteiger partial charge in [0, 0.05) is 42.0 Å². The Morgan fingerprint density at radius 1 is 1.21 bits per heavy atom. The topological polar surface area (TPSA) is 45.2 Å². The Kier molecular flexibility index (Phi) is 4.54. The molecule has 2 unspecified atom stereocenters. The number of nitrogens with zero attached hydrogens (tertiary/aromatic N) is 2. The SMILES string of the molecule is Cc1cc(Nc2ncc(C(=O)N3CCSCC3)c3c2C2CCC3C2)ccc1F. The first-order chi connectivity index (χ1) is 13.6. The van der Waals surface area contributed by atoms with Gasteiger partial charge in [0.05, 0.1) is 5.56 Å². The van der Waals surface area contributed by atoms with Crippen molar-refractivity contribution in [3.63, 3.8) is 0 Å². The maximum atomic E-state index is 13.6. The molecular formula is C22H24FN3OS. The Bertz CT molecular complexity index is 942. The highest BCUT2D eigenvalue weighted by molar-refractivity contribution is 7.99. The third-order valence-corrected chi connectivity index (χ3v) is 7.30. The first-order valence-electron chi connectivity index (χ1n) is 10.0. The van der Waals surface area contributed by atoms with Crippen LogP contribution in [0.4, 0.5) is 15.9 Å². The van der Waals surface area contributed by atoms with Crippen molar-refractivity contribution >= 4 is 29.2 Å². The lowest BCUT2D eigenvalue weighted by Crippen LogP contribution is -2.38. The van der Waals surface area contributed by atoms with Crippen LogP contribution in [0.1, 0.15) is 58.1 Å². The number of rotatable bonds is 3. The van der Waals surface area contributed by atoms with E-state index in [1.807, 2.05) is 16.7 Å². The third kappa shape index (κ3) is 2.98. The van der Waals surface area contributed by atoms with Crippen LogP contribution in [0.3, 0.4) is 0 Å². The van der Waals surface area contributed by atoms with Gasteiger partial charge >= 0.3 is 0 Å². The zero-order valence-corrected chi connectivity index (χ0v) is 16.8. The van der Waals surface area contributed by atoms with Gasteiger partial charge in [-0.1, -0.05) is 0 Å². The second-order valence-corrected chi connectivity index (χ2v) is 9.27. The van der Waals surface area contributed by atoms with E-state index in [1.54, 1.807) is 25.3 Å². The number of fused-ring (bicyclic) bond motifs is 5. The summed E-state index contributed by atoms with van der Waals surface area (Å²) >= 11 is 1.91. The summed E-state index contributed by atoms with van der Waals surface area (Å²) in [7, 11) is 0. The predicted molar refractivity (Wildman–Crippen MR) is 111 cm³/mol. The highest BCUT2D eigenvalue weighted by Gasteiger charge is 2.42. The highest BCUT2D eigenvalue weighted by Crippen LogP contribution is 2.56. The van der Waals surface area contributed by atoms with E-state index in [2.05, 4.69) is 10.3 Å². The van der Waals surface area contributed by atoms with Crippen molar-refractivity contribution in [1.29, 1.82) is 0 Å². The molecular weight excluding hydrogens is 373 g/mol. The molecule has 1 N–H and O–H groups in total. The lowest BCUT2D eigenvalue weighted by molar-refractivity contribution is 0.0770. The minimum atomic E-state index is -0.205. The second-order valence-electron chi connectivity index (χ2n) is 8.05. The fraction of sp³-hybridized carbons (Fsp3) is 0.455. The van der Waals surface area contributed by atoms with Crippen molar-refractivity contribution < 1.29 is 9.18 Å². The average molecular weight is 398 g/mol. The van der Waals surface area contributed by atoms with Gasteiger partial charge in [-0.25, -0.2) is 9.37 Å². The number of amides is 1. The molecule has 4 nitrogen and oxygen atoms in total. The zero-order valence-electron chi connectivity index (χ0n) is 16.0. The number of thioether (sulfide) groups is 1. The summed E-state index contributed by atoms with van der Waals surface area (Å²) in [6.07, 6.45) is 5.21. The van der Waals surface area contributed by atoms with E-state index < -0.39 is 0 Å². The Morgan fingerprint density at radius 3 is 2.71 bits per heavy atom. The molecule has 5 rings (SSSR count). The third-order valence-electron chi connectivity index (χ3n) is 6.36. The van der Waals surface area contributed by atoms with Gasteiger partial charge in [0.25, 0.3) is 5.91 Å². The number of carbonyl (C=O) groups excluding carboxylic acids is 1. The molecule has 28 heavy (non-hydrogen) atoms. The highest BCUT2D eigenvalue weighted by atomic mass is 32.2. The van der Waals surface area contributed by atoms with E-state index >= 15 is 0 Å². The Balaban J connectivity index is 1.52. The van der Waals surface area contributed by atoms with E-state index in [0.717, 1.165) is 60.9 Å². The van der Waals surface area contributed by atoms with Crippen LogP contribution in [0.25, 0.3) is 0 Å². The normalized spacial score (nSPS) is 23.0. The number of pyridine rings is 1. The second kappa shape index (κ2) is 7.07. The van der Waals surface area contributed by atoms with E-state index in [9.17, 15) is 9.18 Å². The molecule has 2 aromatic rings. The maximum Gasteiger partial charge on any atom is 0.255 e. The van der Waals surface area contributed by atoms with Crippen LogP contribution in [0.2, 0.25) is 0 Å². The van der Waals surface area contributed by atoms with Crippen molar-refractivity contribution in [2.75, 3.05) is 29.9 Å². The van der Waals surface area contributed by atoms with Crippen LogP contribution in [0.15, 0.2) is 24.4 Å². The van der Waals surface area contributed by atoms with Gasteiger partial charge in [-0.15, -0.1) is 0 Å². The largest absolute Gasteiger partial charge is 0.340 e. The zero-order chi connectivity index (χ0) is 19.3. The van der Waals surface area contributed by atoms with Crippen molar-refractivity contribution in [3.8, 4) is 0 Å². The summed E-state index contributed by atoms with van der Waals surface area (Å²) < 4.78 is 13.6. The van der Waals surface area contributed by atoms with Gasteiger partial charge in [0.1, 0.15) is 11.6 Å².